The lowest BCUT2D eigenvalue weighted by molar-refractivity contribution is -0.131. The van der Waals surface area contributed by atoms with Gasteiger partial charge in [0.15, 0.2) is 5.82 Å². The predicted octanol–water partition coefficient (Wildman–Crippen LogP) is 3.19. The fourth-order valence-electron chi connectivity index (χ4n) is 4.51. The minimum atomic E-state index is -0.552. The summed E-state index contributed by atoms with van der Waals surface area (Å²) < 4.78 is 17.0. The second-order valence-electron chi connectivity index (χ2n) is 8.94. The van der Waals surface area contributed by atoms with Gasteiger partial charge in [-0.05, 0) is 48.4 Å². The van der Waals surface area contributed by atoms with Crippen molar-refractivity contribution in [3.05, 3.63) is 64.3 Å². The molecule has 168 valence electrons. The van der Waals surface area contributed by atoms with Crippen LogP contribution in [0.4, 0.5) is 4.39 Å². The molecule has 1 unspecified atom stereocenters. The van der Waals surface area contributed by atoms with Crippen LogP contribution in [0.5, 0.6) is 0 Å². The van der Waals surface area contributed by atoms with Crippen molar-refractivity contribution < 1.29 is 9.18 Å². The molecule has 0 spiro atoms. The number of rotatable bonds is 5. The van der Waals surface area contributed by atoms with E-state index in [0.29, 0.717) is 24.5 Å². The van der Waals surface area contributed by atoms with Crippen LogP contribution >= 0.6 is 0 Å². The maximum absolute atomic E-state index is 14.0. The molecule has 0 bridgehead atoms. The normalized spacial score (nSPS) is 17.8. The molecule has 3 aromatic rings. The molecule has 8 heteroatoms. The van der Waals surface area contributed by atoms with Crippen molar-refractivity contribution in [2.24, 2.45) is 18.9 Å². The van der Waals surface area contributed by atoms with Crippen LogP contribution < -0.4 is 5.69 Å². The first-order valence-corrected chi connectivity index (χ1v) is 11.2. The Labute approximate surface area is 190 Å². The lowest BCUT2D eigenvalue weighted by atomic mass is 10.0. The number of halogens is 1. The van der Waals surface area contributed by atoms with Gasteiger partial charge >= 0.3 is 5.69 Å². The number of nitrogens with zero attached hydrogens (tertiary/aromatic N) is 5. The second kappa shape index (κ2) is 8.32. The van der Waals surface area contributed by atoms with E-state index in [9.17, 15) is 14.0 Å². The highest BCUT2D eigenvalue weighted by atomic mass is 19.1. The lowest BCUT2D eigenvalue weighted by Gasteiger charge is -2.16. The largest absolute Gasteiger partial charge is 0.345 e. The zero-order chi connectivity index (χ0) is 23.1. The van der Waals surface area contributed by atoms with Gasteiger partial charge in [0.05, 0.1) is 5.56 Å². The molecule has 0 radical (unpaired) electrons. The SMILES string of the molecule is Cn1nc(-c2ccc(-c3ccc(C#N)c(F)c3)cc2)n(CC2CCN(C(=O)C3CC3)C2)c1=O. The molecular weight excluding hydrogens is 421 g/mol. The molecule has 2 aliphatic rings. The molecule has 2 fully saturated rings. The third kappa shape index (κ3) is 4.07. The summed E-state index contributed by atoms with van der Waals surface area (Å²) in [6.07, 6.45) is 2.87. The first kappa shape index (κ1) is 21.1. The van der Waals surface area contributed by atoms with Gasteiger partial charge < -0.3 is 4.90 Å². The van der Waals surface area contributed by atoms with Crippen molar-refractivity contribution >= 4 is 5.91 Å². The number of aromatic nitrogens is 3. The lowest BCUT2D eigenvalue weighted by Crippen LogP contribution is -2.31. The zero-order valence-corrected chi connectivity index (χ0v) is 18.4. The summed E-state index contributed by atoms with van der Waals surface area (Å²) in [4.78, 5) is 27.1. The fraction of sp³-hybridized carbons (Fsp3) is 0.360. The Morgan fingerprint density at radius 1 is 1.12 bits per heavy atom. The molecule has 0 N–H and O–H groups in total. The number of hydrogen-bond donors (Lipinski definition) is 0. The number of aryl methyl sites for hydroxylation is 1. The van der Waals surface area contributed by atoms with Gasteiger partial charge in [0.2, 0.25) is 5.91 Å². The average molecular weight is 445 g/mol. The second-order valence-corrected chi connectivity index (χ2v) is 8.94. The summed E-state index contributed by atoms with van der Waals surface area (Å²) >= 11 is 0. The first-order chi connectivity index (χ1) is 15.9. The van der Waals surface area contributed by atoms with E-state index < -0.39 is 5.82 Å². The van der Waals surface area contributed by atoms with Gasteiger partial charge in [-0.2, -0.15) is 5.26 Å². The van der Waals surface area contributed by atoms with Gasteiger partial charge in [-0.1, -0.05) is 30.3 Å². The molecule has 1 amide bonds. The maximum atomic E-state index is 14.0. The Balaban J connectivity index is 1.37. The van der Waals surface area contributed by atoms with Crippen molar-refractivity contribution in [1.29, 1.82) is 5.26 Å². The smallest absolute Gasteiger partial charge is 0.342 e. The molecule has 1 atom stereocenters. The van der Waals surface area contributed by atoms with E-state index >= 15 is 0 Å². The van der Waals surface area contributed by atoms with Crippen LogP contribution in [0.3, 0.4) is 0 Å². The molecule has 7 nitrogen and oxygen atoms in total. The van der Waals surface area contributed by atoms with Crippen LogP contribution in [0.1, 0.15) is 24.8 Å². The Hall–Kier alpha value is -3.73. The number of hydrogen-bond acceptors (Lipinski definition) is 4. The summed E-state index contributed by atoms with van der Waals surface area (Å²) in [5.74, 6) is 0.708. The summed E-state index contributed by atoms with van der Waals surface area (Å²) in [5.41, 5.74) is 2.08. The number of carbonyl (C=O) groups is 1. The summed E-state index contributed by atoms with van der Waals surface area (Å²) in [7, 11) is 1.63. The van der Waals surface area contributed by atoms with Crippen LogP contribution in [-0.2, 0) is 18.4 Å². The molecule has 1 aromatic heterocycles. The molecule has 33 heavy (non-hydrogen) atoms. The summed E-state index contributed by atoms with van der Waals surface area (Å²) in [5, 5.41) is 13.4. The third-order valence-electron chi connectivity index (χ3n) is 6.54. The van der Waals surface area contributed by atoms with Gasteiger partial charge in [-0.25, -0.2) is 13.9 Å². The number of nitriles is 1. The van der Waals surface area contributed by atoms with Crippen LogP contribution in [0.25, 0.3) is 22.5 Å². The van der Waals surface area contributed by atoms with Gasteiger partial charge in [-0.15, -0.1) is 5.10 Å². The monoisotopic (exact) mass is 445 g/mol. The molecule has 1 aliphatic heterocycles. The van der Waals surface area contributed by atoms with Crippen LogP contribution in [0, 0.1) is 29.0 Å². The number of benzene rings is 2. The van der Waals surface area contributed by atoms with Crippen molar-refractivity contribution in [3.8, 4) is 28.6 Å². The van der Waals surface area contributed by atoms with Gasteiger partial charge in [-0.3, -0.25) is 9.36 Å². The molecule has 2 aromatic carbocycles. The van der Waals surface area contributed by atoms with Crippen LogP contribution in [0.2, 0.25) is 0 Å². The Morgan fingerprint density at radius 3 is 2.48 bits per heavy atom. The molecule has 1 saturated heterocycles. The van der Waals surface area contributed by atoms with Gasteiger partial charge in [0.25, 0.3) is 0 Å². The number of likely N-dealkylation sites (tertiary alicyclic amines) is 1. The summed E-state index contributed by atoms with van der Waals surface area (Å²) in [6, 6.07) is 13.8. The van der Waals surface area contributed by atoms with E-state index in [1.165, 1.54) is 16.8 Å². The molecule has 1 saturated carbocycles. The summed E-state index contributed by atoms with van der Waals surface area (Å²) in [6.45, 7) is 1.94. The van der Waals surface area contributed by atoms with Crippen LogP contribution in [-0.4, -0.2) is 38.2 Å². The quantitative estimate of drug-likeness (QED) is 0.604. The number of amides is 1. The van der Waals surface area contributed by atoms with E-state index in [-0.39, 0.29) is 29.0 Å². The zero-order valence-electron chi connectivity index (χ0n) is 18.4. The standard InChI is InChI=1S/C25H24FN5O2/c1-29-25(33)31(15-16-10-11-30(14-16)24(32)19-6-7-19)23(28-29)18-4-2-17(3-5-18)20-8-9-21(13-27)22(26)12-20/h2-5,8-9,12,16,19H,6-7,10-11,14-15H2,1H3. The Morgan fingerprint density at radius 2 is 1.82 bits per heavy atom. The topological polar surface area (TPSA) is 83.9 Å². The van der Waals surface area contributed by atoms with E-state index in [4.69, 9.17) is 5.26 Å². The van der Waals surface area contributed by atoms with Crippen LogP contribution in [0.15, 0.2) is 47.3 Å². The van der Waals surface area contributed by atoms with Crippen molar-refractivity contribution in [1.82, 2.24) is 19.2 Å². The van der Waals surface area contributed by atoms with E-state index in [2.05, 4.69) is 5.10 Å². The molecule has 5 rings (SSSR count). The Kier molecular flexibility index (Phi) is 5.33. The van der Waals surface area contributed by atoms with E-state index in [1.807, 2.05) is 35.2 Å². The predicted molar refractivity (Wildman–Crippen MR) is 120 cm³/mol. The minimum Gasteiger partial charge on any atom is -0.342 e. The van der Waals surface area contributed by atoms with Crippen molar-refractivity contribution in [2.75, 3.05) is 13.1 Å². The van der Waals surface area contributed by atoms with Gasteiger partial charge in [0, 0.05) is 38.2 Å². The molecule has 2 heterocycles. The van der Waals surface area contributed by atoms with Crippen molar-refractivity contribution in [2.45, 2.75) is 25.8 Å². The highest BCUT2D eigenvalue weighted by Gasteiger charge is 2.37. The minimum absolute atomic E-state index is 0.0113. The fourth-order valence-corrected chi connectivity index (χ4v) is 4.51. The molecular formula is C25H24FN5O2. The highest BCUT2D eigenvalue weighted by molar-refractivity contribution is 5.81. The van der Waals surface area contributed by atoms with E-state index in [0.717, 1.165) is 36.9 Å². The van der Waals surface area contributed by atoms with E-state index in [1.54, 1.807) is 17.7 Å². The highest BCUT2D eigenvalue weighted by Crippen LogP contribution is 2.33. The van der Waals surface area contributed by atoms with Gasteiger partial charge in [0.1, 0.15) is 11.9 Å². The average Bonchev–Trinajstić information content (AvgIpc) is 3.51. The first-order valence-electron chi connectivity index (χ1n) is 11.2. The van der Waals surface area contributed by atoms with Crippen molar-refractivity contribution in [3.63, 3.8) is 0 Å². The number of carbonyl (C=O) groups excluding carboxylic acids is 1. The molecule has 1 aliphatic carbocycles. The third-order valence-corrected chi connectivity index (χ3v) is 6.54. The Bertz CT molecular complexity index is 1310. The maximum Gasteiger partial charge on any atom is 0.345 e.